The van der Waals surface area contributed by atoms with Crippen molar-refractivity contribution < 1.29 is 17.9 Å². The highest BCUT2D eigenvalue weighted by Gasteiger charge is 2.22. The maximum atomic E-state index is 12.2. The molecule has 0 amide bonds. The van der Waals surface area contributed by atoms with E-state index in [-0.39, 0.29) is 18.4 Å². The van der Waals surface area contributed by atoms with Crippen LogP contribution in [0.25, 0.3) is 0 Å². The van der Waals surface area contributed by atoms with Gasteiger partial charge in [-0.2, -0.15) is 0 Å². The predicted molar refractivity (Wildman–Crippen MR) is 88.2 cm³/mol. The Morgan fingerprint density at radius 3 is 2.57 bits per heavy atom. The quantitative estimate of drug-likeness (QED) is 0.911. The second-order valence-electron chi connectivity index (χ2n) is 5.53. The van der Waals surface area contributed by atoms with Gasteiger partial charge in [-0.05, 0) is 30.2 Å². The fourth-order valence-corrected chi connectivity index (χ4v) is 3.69. The molecule has 3 rings (SSSR count). The Labute approximate surface area is 136 Å². The molecule has 122 valence electrons. The molecule has 2 aromatic carbocycles. The lowest BCUT2D eigenvalue weighted by molar-refractivity contribution is 0.0943. The summed E-state index contributed by atoms with van der Waals surface area (Å²) in [7, 11) is -3.42. The molecule has 0 radical (unpaired) electrons. The normalized spacial score (nSPS) is 17.0. The topological polar surface area (TPSA) is 64.6 Å². The molecule has 0 bridgehead atoms. The van der Waals surface area contributed by atoms with Crippen molar-refractivity contribution in [3.8, 4) is 11.5 Å². The molecule has 0 aliphatic carbocycles. The molecule has 6 heteroatoms. The van der Waals surface area contributed by atoms with Gasteiger partial charge < -0.3 is 9.47 Å². The van der Waals surface area contributed by atoms with Gasteiger partial charge in [-0.25, -0.2) is 13.1 Å². The summed E-state index contributed by atoms with van der Waals surface area (Å²) in [6.45, 7) is 2.41. The molecule has 23 heavy (non-hydrogen) atoms. The van der Waals surface area contributed by atoms with Crippen LogP contribution in [0.3, 0.4) is 0 Å². The van der Waals surface area contributed by atoms with Crippen molar-refractivity contribution in [1.29, 1.82) is 0 Å². The Morgan fingerprint density at radius 1 is 1.09 bits per heavy atom. The first-order valence-corrected chi connectivity index (χ1v) is 9.09. The Bertz CT molecular complexity index is 789. The van der Waals surface area contributed by atoms with Crippen LogP contribution in [0.5, 0.6) is 11.5 Å². The predicted octanol–water partition coefficient (Wildman–Crippen LogP) is 2.25. The van der Waals surface area contributed by atoms with Crippen molar-refractivity contribution in [3.05, 3.63) is 59.7 Å². The van der Waals surface area contributed by atoms with Gasteiger partial charge in [0.1, 0.15) is 12.7 Å². The summed E-state index contributed by atoms with van der Waals surface area (Å²) in [5.74, 6) is 1.29. The summed E-state index contributed by atoms with van der Waals surface area (Å²) in [5, 5.41) is 0. The summed E-state index contributed by atoms with van der Waals surface area (Å²) in [4.78, 5) is 0. The molecule has 1 heterocycles. The minimum absolute atomic E-state index is 0.0379. The maximum Gasteiger partial charge on any atom is 0.215 e. The van der Waals surface area contributed by atoms with E-state index in [1.807, 2.05) is 55.5 Å². The fraction of sp³-hybridized carbons (Fsp3) is 0.294. The monoisotopic (exact) mass is 333 g/mol. The van der Waals surface area contributed by atoms with E-state index in [4.69, 9.17) is 9.47 Å². The summed E-state index contributed by atoms with van der Waals surface area (Å²) < 4.78 is 38.4. The summed E-state index contributed by atoms with van der Waals surface area (Å²) >= 11 is 0. The van der Waals surface area contributed by atoms with Crippen LogP contribution < -0.4 is 14.2 Å². The first kappa shape index (κ1) is 15.8. The largest absolute Gasteiger partial charge is 0.486 e. The summed E-state index contributed by atoms with van der Waals surface area (Å²) in [6, 6.07) is 14.8. The van der Waals surface area contributed by atoms with E-state index in [1.54, 1.807) is 0 Å². The molecule has 1 N–H and O–H groups in total. The van der Waals surface area contributed by atoms with Gasteiger partial charge in [0, 0.05) is 0 Å². The van der Waals surface area contributed by atoms with Crippen LogP contribution in [0.15, 0.2) is 48.5 Å². The highest BCUT2D eigenvalue weighted by molar-refractivity contribution is 7.88. The summed E-state index contributed by atoms with van der Waals surface area (Å²) in [6.07, 6.45) is -0.337. The highest BCUT2D eigenvalue weighted by Crippen LogP contribution is 2.30. The van der Waals surface area contributed by atoms with Crippen molar-refractivity contribution in [2.45, 2.75) is 18.8 Å². The smallest absolute Gasteiger partial charge is 0.215 e. The Balaban J connectivity index is 1.59. The molecule has 1 atom stereocenters. The highest BCUT2D eigenvalue weighted by atomic mass is 32.2. The van der Waals surface area contributed by atoms with E-state index >= 15 is 0 Å². The standard InChI is InChI=1S/C17H19NO4S/c1-13-6-2-3-7-14(13)12-23(19,20)18-10-15-11-21-16-8-4-5-9-17(16)22-15/h2-9,15,18H,10-12H2,1H3. The minimum Gasteiger partial charge on any atom is -0.486 e. The Hall–Kier alpha value is -2.05. The molecule has 0 saturated heterocycles. The van der Waals surface area contributed by atoms with Crippen molar-refractivity contribution in [3.63, 3.8) is 0 Å². The van der Waals surface area contributed by atoms with Crippen LogP contribution >= 0.6 is 0 Å². The summed E-state index contributed by atoms with van der Waals surface area (Å²) in [5.41, 5.74) is 1.76. The van der Waals surface area contributed by atoms with Gasteiger partial charge in [-0.15, -0.1) is 0 Å². The number of fused-ring (bicyclic) bond motifs is 1. The lowest BCUT2D eigenvalue weighted by atomic mass is 10.1. The van der Waals surface area contributed by atoms with E-state index < -0.39 is 10.0 Å². The third kappa shape index (κ3) is 4.03. The van der Waals surface area contributed by atoms with Gasteiger partial charge in [-0.1, -0.05) is 36.4 Å². The third-order valence-electron chi connectivity index (χ3n) is 3.71. The Kier molecular flexibility index (Phi) is 4.54. The molecule has 1 aliphatic rings. The van der Waals surface area contributed by atoms with Crippen LogP contribution in [0.2, 0.25) is 0 Å². The third-order valence-corrected chi connectivity index (χ3v) is 5.00. The van der Waals surface area contributed by atoms with Gasteiger partial charge in [0.25, 0.3) is 0 Å². The average Bonchev–Trinajstić information content (AvgIpc) is 2.55. The number of aryl methyl sites for hydroxylation is 1. The number of hydrogen-bond donors (Lipinski definition) is 1. The number of para-hydroxylation sites is 2. The van der Waals surface area contributed by atoms with Crippen LogP contribution in [0.1, 0.15) is 11.1 Å². The first-order chi connectivity index (χ1) is 11.0. The number of rotatable bonds is 5. The van der Waals surface area contributed by atoms with Gasteiger partial charge in [0.05, 0.1) is 12.3 Å². The molecule has 1 unspecified atom stereocenters. The van der Waals surface area contributed by atoms with E-state index in [1.165, 1.54) is 0 Å². The molecule has 0 aromatic heterocycles. The average molecular weight is 333 g/mol. The number of hydrogen-bond acceptors (Lipinski definition) is 4. The molecule has 2 aromatic rings. The zero-order valence-corrected chi connectivity index (χ0v) is 13.7. The molecule has 1 aliphatic heterocycles. The lowest BCUT2D eigenvalue weighted by Crippen LogP contribution is -2.41. The van der Waals surface area contributed by atoms with Crippen molar-refractivity contribution >= 4 is 10.0 Å². The zero-order valence-electron chi connectivity index (χ0n) is 12.9. The molecular formula is C17H19NO4S. The fourth-order valence-electron chi connectivity index (χ4n) is 2.41. The minimum atomic E-state index is -3.42. The van der Waals surface area contributed by atoms with Gasteiger partial charge in [0.15, 0.2) is 11.5 Å². The van der Waals surface area contributed by atoms with Gasteiger partial charge in [0.2, 0.25) is 10.0 Å². The second kappa shape index (κ2) is 6.60. The second-order valence-corrected chi connectivity index (χ2v) is 7.34. The molecule has 0 saturated carbocycles. The van der Waals surface area contributed by atoms with Crippen LogP contribution in [0, 0.1) is 6.92 Å². The van der Waals surface area contributed by atoms with E-state index in [0.717, 1.165) is 11.1 Å². The number of sulfonamides is 1. The van der Waals surface area contributed by atoms with Crippen molar-refractivity contribution in [2.75, 3.05) is 13.2 Å². The van der Waals surface area contributed by atoms with Crippen LogP contribution in [-0.2, 0) is 15.8 Å². The van der Waals surface area contributed by atoms with E-state index in [0.29, 0.717) is 18.1 Å². The van der Waals surface area contributed by atoms with Crippen LogP contribution in [-0.4, -0.2) is 27.7 Å². The molecule has 0 spiro atoms. The number of ether oxygens (including phenoxy) is 2. The molecular weight excluding hydrogens is 314 g/mol. The first-order valence-electron chi connectivity index (χ1n) is 7.44. The van der Waals surface area contributed by atoms with Gasteiger partial charge in [-0.3, -0.25) is 0 Å². The number of nitrogens with one attached hydrogen (secondary N) is 1. The molecule has 0 fully saturated rings. The number of benzene rings is 2. The van der Waals surface area contributed by atoms with Crippen LogP contribution in [0.4, 0.5) is 0 Å². The Morgan fingerprint density at radius 2 is 1.78 bits per heavy atom. The SMILES string of the molecule is Cc1ccccc1CS(=O)(=O)NCC1COc2ccccc2O1. The van der Waals surface area contributed by atoms with E-state index in [2.05, 4.69) is 4.72 Å². The van der Waals surface area contributed by atoms with E-state index in [9.17, 15) is 8.42 Å². The lowest BCUT2D eigenvalue weighted by Gasteiger charge is -2.26. The van der Waals surface area contributed by atoms with Crippen molar-refractivity contribution in [1.82, 2.24) is 4.72 Å². The van der Waals surface area contributed by atoms with Gasteiger partial charge >= 0.3 is 0 Å². The zero-order chi connectivity index (χ0) is 16.3. The maximum absolute atomic E-state index is 12.2. The molecule has 5 nitrogen and oxygen atoms in total. The van der Waals surface area contributed by atoms with Crippen molar-refractivity contribution in [2.24, 2.45) is 0 Å².